The Bertz CT molecular complexity index is 906. The van der Waals surface area contributed by atoms with Gasteiger partial charge in [0.05, 0.1) is 24.8 Å². The Labute approximate surface area is 167 Å². The number of hydrogen-bond donors (Lipinski definition) is 0. The van der Waals surface area contributed by atoms with Crippen molar-refractivity contribution < 1.29 is 23.5 Å². The van der Waals surface area contributed by atoms with Gasteiger partial charge in [-0.1, -0.05) is 17.7 Å². The van der Waals surface area contributed by atoms with Crippen LogP contribution in [-0.2, 0) is 4.79 Å². The minimum Gasteiger partial charge on any atom is -0.493 e. The first-order valence-corrected chi connectivity index (χ1v) is 9.09. The first kappa shape index (κ1) is 19.9. The Kier molecular flexibility index (Phi) is 6.04. The van der Waals surface area contributed by atoms with E-state index in [1.165, 1.54) is 37.3 Å². The largest absolute Gasteiger partial charge is 0.493 e. The van der Waals surface area contributed by atoms with Crippen molar-refractivity contribution in [1.82, 2.24) is 4.90 Å². The fourth-order valence-corrected chi connectivity index (χ4v) is 3.32. The van der Waals surface area contributed by atoms with Gasteiger partial charge in [0.1, 0.15) is 12.5 Å². The van der Waals surface area contributed by atoms with Crippen LogP contribution in [0.2, 0.25) is 5.02 Å². The Morgan fingerprint density at radius 2 is 2.04 bits per heavy atom. The molecular weight excluding hydrogens is 387 g/mol. The lowest BCUT2D eigenvalue weighted by Crippen LogP contribution is -2.42. The van der Waals surface area contributed by atoms with Gasteiger partial charge in [0.2, 0.25) is 5.91 Å². The molecule has 0 aliphatic carbocycles. The molecule has 2 aromatic rings. The summed E-state index contributed by atoms with van der Waals surface area (Å²) < 4.78 is 24.3. The number of hydrogen-bond acceptors (Lipinski definition) is 4. The Balaban J connectivity index is 2.04. The third kappa shape index (κ3) is 3.89. The summed E-state index contributed by atoms with van der Waals surface area (Å²) >= 11 is 5.92. The van der Waals surface area contributed by atoms with Crippen LogP contribution in [-0.4, -0.2) is 44.1 Å². The van der Waals surface area contributed by atoms with Crippen LogP contribution in [0.3, 0.4) is 0 Å². The third-order valence-corrected chi connectivity index (χ3v) is 4.87. The minimum atomic E-state index is -0.589. The number of halogens is 2. The molecular formula is C20H20ClFN2O4. The molecule has 0 aromatic heterocycles. The van der Waals surface area contributed by atoms with Gasteiger partial charge in [-0.15, -0.1) is 0 Å². The lowest BCUT2D eigenvalue weighted by atomic mass is 10.1. The van der Waals surface area contributed by atoms with E-state index in [4.69, 9.17) is 21.1 Å². The van der Waals surface area contributed by atoms with Crippen molar-refractivity contribution in [3.63, 3.8) is 0 Å². The van der Waals surface area contributed by atoms with Crippen molar-refractivity contribution in [3.05, 3.63) is 52.8 Å². The van der Waals surface area contributed by atoms with Crippen LogP contribution in [0.4, 0.5) is 10.1 Å². The molecule has 1 aliphatic heterocycles. The zero-order valence-corrected chi connectivity index (χ0v) is 16.3. The second kappa shape index (κ2) is 8.48. The summed E-state index contributed by atoms with van der Waals surface area (Å²) in [5.74, 6) is -0.362. The van der Waals surface area contributed by atoms with Gasteiger partial charge in [-0.2, -0.15) is 0 Å². The Morgan fingerprint density at radius 1 is 1.25 bits per heavy atom. The molecule has 2 amide bonds. The second-order valence-electron chi connectivity index (χ2n) is 6.27. The molecule has 1 fully saturated rings. The molecule has 3 rings (SSSR count). The van der Waals surface area contributed by atoms with E-state index < -0.39 is 11.7 Å². The number of ether oxygens (including phenoxy) is 2. The van der Waals surface area contributed by atoms with Crippen LogP contribution < -0.4 is 14.4 Å². The number of para-hydroxylation sites is 1. The number of nitrogens with zero attached hydrogens (tertiary/aromatic N) is 2. The van der Waals surface area contributed by atoms with E-state index in [-0.39, 0.29) is 28.9 Å². The zero-order chi connectivity index (χ0) is 20.3. The number of methoxy groups -OCH3 is 2. The van der Waals surface area contributed by atoms with Gasteiger partial charge in [0.15, 0.2) is 11.5 Å². The van der Waals surface area contributed by atoms with Crippen LogP contribution in [0, 0.1) is 5.82 Å². The van der Waals surface area contributed by atoms with E-state index in [1.807, 2.05) is 0 Å². The molecule has 1 heterocycles. The van der Waals surface area contributed by atoms with Gasteiger partial charge in [0, 0.05) is 18.7 Å². The Morgan fingerprint density at radius 3 is 2.64 bits per heavy atom. The summed E-state index contributed by atoms with van der Waals surface area (Å²) in [6.07, 6.45) is 1.17. The highest BCUT2D eigenvalue weighted by molar-refractivity contribution is 6.31. The van der Waals surface area contributed by atoms with Crippen LogP contribution >= 0.6 is 11.6 Å². The maximum atomic E-state index is 13.6. The van der Waals surface area contributed by atoms with E-state index in [0.29, 0.717) is 24.4 Å². The van der Waals surface area contributed by atoms with E-state index in [1.54, 1.807) is 23.1 Å². The van der Waals surface area contributed by atoms with E-state index >= 15 is 0 Å². The standard InChI is InChI=1S/C20H20ClFN2O4/c1-27-17-6-3-5-14(19(17)28-2)20(26)24(12-23-10-4-7-18(23)25)13-8-9-16(22)15(21)11-13/h3,5-6,8-9,11H,4,7,10,12H2,1-2H3. The van der Waals surface area contributed by atoms with Gasteiger partial charge < -0.3 is 14.4 Å². The number of carbonyl (C=O) groups is 2. The first-order chi connectivity index (χ1) is 13.5. The summed E-state index contributed by atoms with van der Waals surface area (Å²) in [7, 11) is 2.92. The van der Waals surface area contributed by atoms with Crippen molar-refractivity contribution in [2.45, 2.75) is 12.8 Å². The van der Waals surface area contributed by atoms with E-state index in [2.05, 4.69) is 0 Å². The Hall–Kier alpha value is -2.80. The number of benzene rings is 2. The quantitative estimate of drug-likeness (QED) is 0.733. The topological polar surface area (TPSA) is 59.1 Å². The van der Waals surface area contributed by atoms with Gasteiger partial charge in [-0.05, 0) is 36.8 Å². The van der Waals surface area contributed by atoms with Crippen LogP contribution in [0.1, 0.15) is 23.2 Å². The molecule has 0 radical (unpaired) electrons. The summed E-state index contributed by atoms with van der Waals surface area (Å²) in [6, 6.07) is 8.96. The minimum absolute atomic E-state index is 0.0278. The molecule has 6 nitrogen and oxygen atoms in total. The molecule has 0 unspecified atom stereocenters. The van der Waals surface area contributed by atoms with Crippen molar-refractivity contribution in [2.75, 3.05) is 32.3 Å². The number of rotatable bonds is 6. The highest BCUT2D eigenvalue weighted by atomic mass is 35.5. The molecule has 2 aromatic carbocycles. The number of likely N-dealkylation sites (tertiary alicyclic amines) is 1. The maximum Gasteiger partial charge on any atom is 0.263 e. The molecule has 0 bridgehead atoms. The predicted octanol–water partition coefficient (Wildman–Crippen LogP) is 3.72. The molecule has 0 atom stereocenters. The maximum absolute atomic E-state index is 13.6. The fourth-order valence-electron chi connectivity index (χ4n) is 3.14. The number of anilines is 1. The molecule has 148 valence electrons. The van der Waals surface area contributed by atoms with Crippen LogP contribution in [0.5, 0.6) is 11.5 Å². The van der Waals surface area contributed by atoms with Crippen LogP contribution in [0.15, 0.2) is 36.4 Å². The van der Waals surface area contributed by atoms with Crippen LogP contribution in [0.25, 0.3) is 0 Å². The summed E-state index contributed by atoms with van der Waals surface area (Å²) in [5, 5.41) is -0.111. The summed E-state index contributed by atoms with van der Waals surface area (Å²) in [6.45, 7) is 0.576. The average Bonchev–Trinajstić information content (AvgIpc) is 3.11. The zero-order valence-electron chi connectivity index (χ0n) is 15.6. The van der Waals surface area contributed by atoms with Gasteiger partial charge in [-0.25, -0.2) is 4.39 Å². The van der Waals surface area contributed by atoms with Crippen molar-refractivity contribution in [2.24, 2.45) is 0 Å². The average molecular weight is 407 g/mol. The van der Waals surface area contributed by atoms with E-state index in [0.717, 1.165) is 6.42 Å². The summed E-state index contributed by atoms with van der Waals surface area (Å²) in [4.78, 5) is 28.5. The molecule has 1 saturated heterocycles. The lowest BCUT2D eigenvalue weighted by Gasteiger charge is -2.29. The molecule has 0 spiro atoms. The van der Waals surface area contributed by atoms with Crippen molar-refractivity contribution in [3.8, 4) is 11.5 Å². The first-order valence-electron chi connectivity index (χ1n) is 8.72. The number of carbonyl (C=O) groups excluding carboxylic acids is 2. The highest BCUT2D eigenvalue weighted by Crippen LogP contribution is 2.33. The van der Waals surface area contributed by atoms with Gasteiger partial charge in [-0.3, -0.25) is 14.5 Å². The van der Waals surface area contributed by atoms with E-state index in [9.17, 15) is 14.0 Å². The fraction of sp³-hybridized carbons (Fsp3) is 0.300. The predicted molar refractivity (Wildman–Crippen MR) is 104 cm³/mol. The molecule has 28 heavy (non-hydrogen) atoms. The smallest absolute Gasteiger partial charge is 0.263 e. The third-order valence-electron chi connectivity index (χ3n) is 4.58. The van der Waals surface area contributed by atoms with Crippen molar-refractivity contribution in [1.29, 1.82) is 0 Å². The van der Waals surface area contributed by atoms with Gasteiger partial charge in [0.25, 0.3) is 5.91 Å². The SMILES string of the molecule is COc1cccc(C(=O)N(CN2CCCC2=O)c2ccc(F)c(Cl)c2)c1OC. The normalized spacial score (nSPS) is 13.6. The monoisotopic (exact) mass is 406 g/mol. The van der Waals surface area contributed by atoms with Gasteiger partial charge >= 0.3 is 0 Å². The second-order valence-corrected chi connectivity index (χ2v) is 6.68. The summed E-state index contributed by atoms with van der Waals surface area (Å²) in [5.41, 5.74) is 0.634. The lowest BCUT2D eigenvalue weighted by molar-refractivity contribution is -0.127. The molecule has 0 saturated carbocycles. The molecule has 1 aliphatic rings. The molecule has 0 N–H and O–H groups in total. The highest BCUT2D eigenvalue weighted by Gasteiger charge is 2.29. The number of amides is 2. The van der Waals surface area contributed by atoms with Crippen molar-refractivity contribution >= 4 is 29.1 Å². The molecule has 8 heteroatoms.